The molecule has 6 heteroatoms. The smallest absolute Gasteiger partial charge is 0.317 e. The quantitative estimate of drug-likeness (QED) is 0.782. The summed E-state index contributed by atoms with van der Waals surface area (Å²) >= 11 is 0. The molecule has 2 heterocycles. The second-order valence-corrected chi connectivity index (χ2v) is 9.29. The average Bonchev–Trinajstić information content (AvgIpc) is 2.59. The summed E-state index contributed by atoms with van der Waals surface area (Å²) in [6.07, 6.45) is 7.03. The van der Waals surface area contributed by atoms with E-state index in [1.54, 1.807) is 4.90 Å². The lowest BCUT2D eigenvalue weighted by molar-refractivity contribution is -0.199. The van der Waals surface area contributed by atoms with Crippen LogP contribution in [0.4, 0.5) is 4.79 Å². The van der Waals surface area contributed by atoms with Gasteiger partial charge in [-0.15, -0.1) is 0 Å². The van der Waals surface area contributed by atoms with Crippen LogP contribution in [-0.2, 0) is 4.79 Å². The number of urea groups is 1. The van der Waals surface area contributed by atoms with Gasteiger partial charge < -0.3 is 20.2 Å². The maximum atomic E-state index is 13.2. The summed E-state index contributed by atoms with van der Waals surface area (Å²) in [5.41, 5.74) is 1.85. The Kier molecular flexibility index (Phi) is 5.62. The molecule has 1 aromatic carbocycles. The van der Waals surface area contributed by atoms with Gasteiger partial charge in [-0.2, -0.15) is 0 Å². The summed E-state index contributed by atoms with van der Waals surface area (Å²) in [7, 11) is 0. The lowest BCUT2D eigenvalue weighted by Gasteiger charge is -2.71. The summed E-state index contributed by atoms with van der Waals surface area (Å²) in [4.78, 5) is 29.5. The third-order valence-corrected chi connectivity index (χ3v) is 6.94. The predicted octanol–water partition coefficient (Wildman–Crippen LogP) is 2.98. The van der Waals surface area contributed by atoms with E-state index in [9.17, 15) is 14.7 Å². The number of aliphatic hydroxyl groups excluding tert-OH is 1. The summed E-state index contributed by atoms with van der Waals surface area (Å²) in [5.74, 6) is 0.271. The van der Waals surface area contributed by atoms with Crippen LogP contribution in [0.1, 0.15) is 57.1 Å². The largest absolute Gasteiger partial charge is 0.394 e. The number of nitrogens with zero attached hydrogens (tertiary/aromatic N) is 2. The van der Waals surface area contributed by atoms with Gasteiger partial charge in [0.15, 0.2) is 0 Å². The second kappa shape index (κ2) is 8.06. The Labute approximate surface area is 178 Å². The van der Waals surface area contributed by atoms with Crippen molar-refractivity contribution in [3.8, 4) is 0 Å². The number of benzene rings is 1. The van der Waals surface area contributed by atoms with Gasteiger partial charge in [0.25, 0.3) is 0 Å². The van der Waals surface area contributed by atoms with Crippen LogP contribution in [0.2, 0.25) is 0 Å². The molecule has 1 aliphatic carbocycles. The van der Waals surface area contributed by atoms with Gasteiger partial charge in [0.1, 0.15) is 0 Å². The number of carbonyl (C=O) groups is 2. The molecule has 6 nitrogen and oxygen atoms in total. The molecule has 162 valence electrons. The van der Waals surface area contributed by atoms with Crippen molar-refractivity contribution >= 4 is 18.0 Å². The first-order valence-electron chi connectivity index (χ1n) is 11.1. The Balaban J connectivity index is 1.60. The van der Waals surface area contributed by atoms with Gasteiger partial charge in [-0.3, -0.25) is 4.79 Å². The third-order valence-electron chi connectivity index (χ3n) is 6.94. The van der Waals surface area contributed by atoms with E-state index in [1.807, 2.05) is 31.7 Å². The Hall–Kier alpha value is -2.34. The van der Waals surface area contributed by atoms with Gasteiger partial charge in [-0.05, 0) is 44.7 Å². The van der Waals surface area contributed by atoms with Gasteiger partial charge in [0.2, 0.25) is 5.91 Å². The minimum absolute atomic E-state index is 0.0364. The van der Waals surface area contributed by atoms with E-state index in [1.165, 1.54) is 0 Å². The minimum Gasteiger partial charge on any atom is -0.394 e. The highest BCUT2D eigenvalue weighted by Crippen LogP contribution is 2.55. The Bertz CT molecular complexity index is 823. The maximum absolute atomic E-state index is 13.2. The highest BCUT2D eigenvalue weighted by Gasteiger charge is 2.68. The molecule has 4 rings (SSSR count). The molecule has 0 aromatic heterocycles. The van der Waals surface area contributed by atoms with Crippen LogP contribution in [0.3, 0.4) is 0 Å². The summed E-state index contributed by atoms with van der Waals surface area (Å²) < 4.78 is 0. The van der Waals surface area contributed by atoms with Crippen molar-refractivity contribution in [1.29, 1.82) is 0 Å². The fourth-order valence-electron chi connectivity index (χ4n) is 5.31. The van der Waals surface area contributed by atoms with Gasteiger partial charge >= 0.3 is 6.03 Å². The maximum Gasteiger partial charge on any atom is 0.317 e. The molecule has 1 aromatic rings. The van der Waals surface area contributed by atoms with E-state index in [-0.39, 0.29) is 42.5 Å². The fraction of sp³-hybridized carbons (Fsp3) is 0.583. The first kappa shape index (κ1) is 20.9. The Morgan fingerprint density at radius 1 is 1.23 bits per heavy atom. The molecule has 0 radical (unpaired) electrons. The van der Waals surface area contributed by atoms with Gasteiger partial charge in [-0.25, -0.2) is 4.79 Å². The van der Waals surface area contributed by atoms with Crippen molar-refractivity contribution in [1.82, 2.24) is 15.1 Å². The molecule has 0 unspecified atom stereocenters. The topological polar surface area (TPSA) is 72.9 Å². The zero-order chi connectivity index (χ0) is 21.5. The monoisotopic (exact) mass is 411 g/mol. The molecule has 3 aliphatic rings. The van der Waals surface area contributed by atoms with E-state index in [0.717, 1.165) is 30.4 Å². The van der Waals surface area contributed by atoms with Crippen LogP contribution in [0.25, 0.3) is 6.08 Å². The van der Waals surface area contributed by atoms with Crippen molar-refractivity contribution in [2.75, 3.05) is 19.7 Å². The number of hydrogen-bond donors (Lipinski definition) is 2. The number of amides is 3. The third kappa shape index (κ3) is 3.31. The normalized spacial score (nSPS) is 25.2. The van der Waals surface area contributed by atoms with E-state index < -0.39 is 5.54 Å². The lowest BCUT2D eigenvalue weighted by atomic mass is 9.60. The summed E-state index contributed by atoms with van der Waals surface area (Å²) in [5, 5.41) is 13.1. The van der Waals surface area contributed by atoms with E-state index in [4.69, 9.17) is 0 Å². The summed E-state index contributed by atoms with van der Waals surface area (Å²) in [6.45, 7) is 6.86. The van der Waals surface area contributed by atoms with Gasteiger partial charge in [0.05, 0.1) is 18.2 Å². The molecule has 2 saturated heterocycles. The van der Waals surface area contributed by atoms with Crippen LogP contribution >= 0.6 is 0 Å². The first-order chi connectivity index (χ1) is 14.4. The van der Waals surface area contributed by atoms with Crippen LogP contribution in [0.15, 0.2) is 30.3 Å². The molecule has 3 amide bonds. The Morgan fingerprint density at radius 3 is 2.40 bits per heavy atom. The molecule has 2 atom stereocenters. The molecule has 1 saturated carbocycles. The second-order valence-electron chi connectivity index (χ2n) is 9.29. The summed E-state index contributed by atoms with van der Waals surface area (Å²) in [6, 6.07) is 8.13. The highest BCUT2D eigenvalue weighted by molar-refractivity contribution is 5.84. The van der Waals surface area contributed by atoms with Gasteiger partial charge in [-0.1, -0.05) is 42.8 Å². The van der Waals surface area contributed by atoms with Crippen molar-refractivity contribution in [3.05, 3.63) is 41.5 Å². The number of hydrogen-bond acceptors (Lipinski definition) is 3. The average molecular weight is 412 g/mol. The van der Waals surface area contributed by atoms with Crippen LogP contribution in [-0.4, -0.2) is 64.2 Å². The molecule has 2 aliphatic heterocycles. The zero-order valence-corrected chi connectivity index (χ0v) is 18.2. The van der Waals surface area contributed by atoms with Crippen molar-refractivity contribution in [3.63, 3.8) is 0 Å². The molecule has 30 heavy (non-hydrogen) atoms. The van der Waals surface area contributed by atoms with E-state index in [0.29, 0.717) is 13.1 Å². The van der Waals surface area contributed by atoms with Crippen molar-refractivity contribution < 1.29 is 14.7 Å². The van der Waals surface area contributed by atoms with Crippen LogP contribution in [0.5, 0.6) is 0 Å². The molecule has 0 bridgehead atoms. The van der Waals surface area contributed by atoms with Crippen LogP contribution in [0, 0.1) is 5.92 Å². The van der Waals surface area contributed by atoms with Gasteiger partial charge in [0, 0.05) is 31.0 Å². The standard InChI is InChI=1S/C24H33N3O3/c1-4-6-17-9-11-18(12-10-17)21-20(13-28)27(22(29)19-7-5-8-19)24(21)14-26(15-24)23(30)25-16(2)3/h4,6,9-12,16,19-21,28H,5,7-8,13-15H2,1-3H3,(H,25,30)/b6-4+/t20-,21-/m1/s1. The zero-order valence-electron chi connectivity index (χ0n) is 18.2. The molecular weight excluding hydrogens is 378 g/mol. The molecular formula is C24H33N3O3. The Morgan fingerprint density at radius 2 is 1.90 bits per heavy atom. The number of nitrogens with one attached hydrogen (secondary N) is 1. The molecule has 1 spiro atoms. The van der Waals surface area contributed by atoms with E-state index >= 15 is 0 Å². The van der Waals surface area contributed by atoms with Crippen molar-refractivity contribution in [2.24, 2.45) is 5.92 Å². The lowest BCUT2D eigenvalue weighted by Crippen LogP contribution is -2.86. The fourth-order valence-corrected chi connectivity index (χ4v) is 5.31. The van der Waals surface area contributed by atoms with E-state index in [2.05, 4.69) is 35.7 Å². The minimum atomic E-state index is -0.406. The number of allylic oxidation sites excluding steroid dienone is 1. The first-order valence-corrected chi connectivity index (χ1v) is 11.1. The highest BCUT2D eigenvalue weighted by atomic mass is 16.3. The SMILES string of the molecule is C/C=C/c1ccc([C@@H]2[C@@H](CO)N(C(=O)C3CCC3)C23CN(C(=O)NC(C)C)C3)cc1. The van der Waals surface area contributed by atoms with Crippen LogP contribution < -0.4 is 5.32 Å². The number of carbonyl (C=O) groups excluding carboxylic acids is 2. The molecule has 2 N–H and O–H groups in total. The number of aliphatic hydroxyl groups is 1. The number of rotatable bonds is 5. The molecule has 3 fully saturated rings. The predicted molar refractivity (Wildman–Crippen MR) is 117 cm³/mol. The van der Waals surface area contributed by atoms with Crippen molar-refractivity contribution in [2.45, 2.75) is 63.6 Å². The number of likely N-dealkylation sites (tertiary alicyclic amines) is 2.